The quantitative estimate of drug-likeness (QED) is 0.539. The molecule has 3 N–H and O–H groups in total. The van der Waals surface area contributed by atoms with Crippen molar-refractivity contribution < 1.29 is 24.6 Å². The van der Waals surface area contributed by atoms with Crippen LogP contribution in [0, 0.1) is 0 Å². The van der Waals surface area contributed by atoms with Crippen LogP contribution in [-0.2, 0) is 9.57 Å². The maximum Gasteiger partial charge on any atom is 0.256 e. The fourth-order valence-electron chi connectivity index (χ4n) is 3.99. The Morgan fingerprint density at radius 1 is 1.30 bits per heavy atom. The third kappa shape index (κ3) is 2.87. The van der Waals surface area contributed by atoms with Crippen LogP contribution in [0.1, 0.15) is 16.6 Å². The zero-order valence-electron chi connectivity index (χ0n) is 16.0. The number of aliphatic hydroxyl groups is 2. The van der Waals surface area contributed by atoms with Gasteiger partial charge in [-0.3, -0.25) is 14.2 Å². The molecule has 156 valence electrons. The van der Waals surface area contributed by atoms with Crippen molar-refractivity contribution in [1.82, 2.24) is 24.6 Å². The molecule has 3 aromatic rings. The Morgan fingerprint density at radius 3 is 2.87 bits per heavy atom. The standard InChI is InChI=1S/C19H20N6O5/c1-24-7-19(8-26)14(27)13(30-24)18(29-19)25-10-22-12-15(20-9-21-16(12)25)23-17(28)11-5-3-2-4-6-11/h2-6,9-10,13-14,18,26-27H,7-8H2,1H3,(H,20,21,23,28)/t13?,14-,18-,19-/m1/s1. The Labute approximate surface area is 170 Å². The molecule has 0 spiro atoms. The number of hydrogen-bond donors (Lipinski definition) is 3. The lowest BCUT2D eigenvalue weighted by molar-refractivity contribution is -0.256. The highest BCUT2D eigenvalue weighted by atomic mass is 16.7. The Balaban J connectivity index is 1.49. The van der Waals surface area contributed by atoms with E-state index in [1.807, 2.05) is 6.07 Å². The minimum absolute atomic E-state index is 0.206. The average molecular weight is 412 g/mol. The molecule has 11 nitrogen and oxygen atoms in total. The number of nitrogens with one attached hydrogen (secondary N) is 1. The number of imidazole rings is 1. The molecule has 5 rings (SSSR count). The number of anilines is 1. The van der Waals surface area contributed by atoms with Gasteiger partial charge in [0.15, 0.2) is 29.3 Å². The van der Waals surface area contributed by atoms with Gasteiger partial charge >= 0.3 is 0 Å². The lowest BCUT2D eigenvalue weighted by Crippen LogP contribution is -2.58. The number of rotatable bonds is 4. The largest absolute Gasteiger partial charge is 0.393 e. The van der Waals surface area contributed by atoms with E-state index in [2.05, 4.69) is 20.3 Å². The van der Waals surface area contributed by atoms with Crippen molar-refractivity contribution in [3.8, 4) is 0 Å². The first-order valence-corrected chi connectivity index (χ1v) is 9.41. The van der Waals surface area contributed by atoms with Gasteiger partial charge in [0, 0.05) is 12.6 Å². The lowest BCUT2D eigenvalue weighted by atomic mass is 9.94. The lowest BCUT2D eigenvalue weighted by Gasteiger charge is -2.38. The van der Waals surface area contributed by atoms with Crippen molar-refractivity contribution in [2.45, 2.75) is 24.0 Å². The first-order valence-electron chi connectivity index (χ1n) is 9.41. The normalized spacial score (nSPS) is 28.7. The maximum atomic E-state index is 12.5. The number of benzene rings is 1. The number of nitrogens with zero attached hydrogens (tertiary/aromatic N) is 5. The first kappa shape index (κ1) is 19.0. The molecular weight excluding hydrogens is 392 g/mol. The summed E-state index contributed by atoms with van der Waals surface area (Å²) in [5, 5.41) is 24.8. The Kier molecular flexibility index (Phi) is 4.49. The topological polar surface area (TPSA) is 135 Å². The van der Waals surface area contributed by atoms with Crippen LogP contribution in [0.25, 0.3) is 11.2 Å². The zero-order chi connectivity index (χ0) is 20.9. The molecule has 2 fully saturated rings. The van der Waals surface area contributed by atoms with Gasteiger partial charge in [0.1, 0.15) is 18.0 Å². The fraction of sp³-hybridized carbons (Fsp3) is 0.368. The van der Waals surface area contributed by atoms with Crippen molar-refractivity contribution in [1.29, 1.82) is 0 Å². The van der Waals surface area contributed by atoms with Crippen LogP contribution in [-0.4, -0.2) is 78.7 Å². The van der Waals surface area contributed by atoms with Gasteiger partial charge in [-0.05, 0) is 12.1 Å². The molecule has 4 atom stereocenters. The van der Waals surface area contributed by atoms with Crippen LogP contribution in [0.2, 0.25) is 0 Å². The molecule has 2 aliphatic rings. The molecule has 1 amide bonds. The first-order chi connectivity index (χ1) is 14.5. The summed E-state index contributed by atoms with van der Waals surface area (Å²) in [4.78, 5) is 31.0. The molecular formula is C19H20N6O5. The number of carbonyl (C=O) groups is 1. The van der Waals surface area contributed by atoms with E-state index >= 15 is 0 Å². The van der Waals surface area contributed by atoms with Crippen molar-refractivity contribution in [3.63, 3.8) is 0 Å². The van der Waals surface area contributed by atoms with Gasteiger partial charge in [0.2, 0.25) is 0 Å². The summed E-state index contributed by atoms with van der Waals surface area (Å²) in [6.45, 7) is -0.160. The van der Waals surface area contributed by atoms with Crippen LogP contribution in [0.5, 0.6) is 0 Å². The van der Waals surface area contributed by atoms with Crippen molar-refractivity contribution in [2.75, 3.05) is 25.5 Å². The minimum Gasteiger partial charge on any atom is -0.393 e. The smallest absolute Gasteiger partial charge is 0.256 e. The summed E-state index contributed by atoms with van der Waals surface area (Å²) in [5.41, 5.74) is 0.0855. The molecule has 0 radical (unpaired) electrons. The molecule has 0 aliphatic carbocycles. The van der Waals surface area contributed by atoms with Gasteiger partial charge in [-0.25, -0.2) is 15.0 Å². The summed E-state index contributed by atoms with van der Waals surface area (Å²) in [7, 11) is 1.71. The van der Waals surface area contributed by atoms with E-state index < -0.39 is 24.0 Å². The number of likely N-dealkylation sites (N-methyl/N-ethyl adjacent to an activating group) is 1. The highest BCUT2D eigenvalue weighted by molar-refractivity contribution is 6.06. The number of hydroxylamine groups is 2. The third-order valence-corrected chi connectivity index (χ3v) is 5.45. The van der Waals surface area contributed by atoms with Crippen LogP contribution in [0.3, 0.4) is 0 Å². The second-order valence-corrected chi connectivity index (χ2v) is 7.40. The molecule has 30 heavy (non-hydrogen) atoms. The van der Waals surface area contributed by atoms with Crippen molar-refractivity contribution in [3.05, 3.63) is 48.5 Å². The summed E-state index contributed by atoms with van der Waals surface area (Å²) < 4.78 is 7.67. The Hall–Kier alpha value is -2.96. The van der Waals surface area contributed by atoms with Gasteiger partial charge in [-0.15, -0.1) is 0 Å². The van der Waals surface area contributed by atoms with E-state index in [4.69, 9.17) is 9.57 Å². The average Bonchev–Trinajstić information content (AvgIpc) is 3.25. The Bertz CT molecular complexity index is 1090. The molecule has 11 heteroatoms. The molecule has 2 bridgehead atoms. The molecule has 1 unspecified atom stereocenters. The number of aliphatic hydroxyl groups excluding tert-OH is 2. The van der Waals surface area contributed by atoms with Crippen LogP contribution >= 0.6 is 0 Å². The third-order valence-electron chi connectivity index (χ3n) is 5.45. The zero-order valence-corrected chi connectivity index (χ0v) is 16.0. The van der Waals surface area contributed by atoms with Crippen molar-refractivity contribution >= 4 is 22.9 Å². The van der Waals surface area contributed by atoms with Gasteiger partial charge in [-0.2, -0.15) is 5.06 Å². The van der Waals surface area contributed by atoms with Gasteiger partial charge in [0.25, 0.3) is 5.91 Å². The number of amides is 1. The predicted octanol–water partition coefficient (Wildman–Crippen LogP) is -0.0550. The van der Waals surface area contributed by atoms with Gasteiger partial charge in [-0.1, -0.05) is 18.2 Å². The maximum absolute atomic E-state index is 12.5. The summed E-state index contributed by atoms with van der Waals surface area (Å²) in [6, 6.07) is 8.76. The SMILES string of the molecule is CN1C[C@]2(CO)O[C@@H](n3cnc4c(NC(=O)c5ccccc5)ncnc43)C(O1)[C@H]2O. The highest BCUT2D eigenvalue weighted by Crippen LogP contribution is 2.43. The summed E-state index contributed by atoms with van der Waals surface area (Å²) >= 11 is 0. The summed E-state index contributed by atoms with van der Waals surface area (Å²) in [5.74, 6) is -0.0678. The molecule has 4 heterocycles. The molecule has 1 aromatic carbocycles. The van der Waals surface area contributed by atoms with E-state index in [-0.39, 0.29) is 24.9 Å². The van der Waals surface area contributed by atoms with Crippen LogP contribution in [0.4, 0.5) is 5.82 Å². The second-order valence-electron chi connectivity index (χ2n) is 7.40. The molecule has 2 saturated heterocycles. The number of hydrogen-bond acceptors (Lipinski definition) is 9. The van der Waals surface area contributed by atoms with Crippen LogP contribution < -0.4 is 5.32 Å². The molecule has 2 aliphatic heterocycles. The predicted molar refractivity (Wildman–Crippen MR) is 103 cm³/mol. The van der Waals surface area contributed by atoms with E-state index in [0.717, 1.165) is 0 Å². The van der Waals surface area contributed by atoms with Gasteiger partial charge < -0.3 is 20.3 Å². The second kappa shape index (κ2) is 7.07. The highest BCUT2D eigenvalue weighted by Gasteiger charge is 2.60. The van der Waals surface area contributed by atoms with E-state index in [1.165, 1.54) is 17.7 Å². The monoisotopic (exact) mass is 412 g/mol. The van der Waals surface area contributed by atoms with E-state index in [1.54, 1.807) is 35.9 Å². The number of ether oxygens (including phenoxy) is 1. The molecule has 0 saturated carbocycles. The number of aromatic nitrogens is 4. The van der Waals surface area contributed by atoms with Crippen molar-refractivity contribution in [2.24, 2.45) is 0 Å². The fourth-order valence-corrected chi connectivity index (χ4v) is 3.99. The van der Waals surface area contributed by atoms with Gasteiger partial charge in [0.05, 0.1) is 19.5 Å². The summed E-state index contributed by atoms with van der Waals surface area (Å²) in [6.07, 6.45) is 0.248. The van der Waals surface area contributed by atoms with E-state index in [9.17, 15) is 15.0 Å². The minimum atomic E-state index is -1.17. The van der Waals surface area contributed by atoms with E-state index in [0.29, 0.717) is 16.7 Å². The van der Waals surface area contributed by atoms with Crippen LogP contribution in [0.15, 0.2) is 43.0 Å². The number of carbonyl (C=O) groups excluding carboxylic acids is 1. The Morgan fingerprint density at radius 2 is 2.10 bits per heavy atom. The number of fused-ring (bicyclic) bond motifs is 3. The molecule has 2 aromatic heterocycles.